The second-order valence-electron chi connectivity index (χ2n) is 5.48. The smallest absolute Gasteiger partial charge is 0.310 e. The van der Waals surface area contributed by atoms with Gasteiger partial charge in [-0.3, -0.25) is 14.4 Å². The Morgan fingerprint density at radius 3 is 2.19 bits per heavy atom. The van der Waals surface area contributed by atoms with Gasteiger partial charge in [-0.2, -0.15) is 0 Å². The van der Waals surface area contributed by atoms with Crippen molar-refractivity contribution in [1.82, 2.24) is 0 Å². The van der Waals surface area contributed by atoms with Gasteiger partial charge in [0, 0.05) is 12.3 Å². The molecule has 3 aliphatic carbocycles. The molecule has 4 rings (SSSR count). The number of methoxy groups -OCH3 is 2. The van der Waals surface area contributed by atoms with E-state index in [1.54, 1.807) is 0 Å². The van der Waals surface area contributed by atoms with E-state index in [0.717, 1.165) is 11.1 Å². The number of benzene rings is 1. The summed E-state index contributed by atoms with van der Waals surface area (Å²) < 4.78 is 9.69. The van der Waals surface area contributed by atoms with Gasteiger partial charge in [-0.1, -0.05) is 24.3 Å². The Labute approximate surface area is 122 Å². The van der Waals surface area contributed by atoms with Crippen LogP contribution in [0.25, 0.3) is 0 Å². The van der Waals surface area contributed by atoms with E-state index in [9.17, 15) is 14.4 Å². The van der Waals surface area contributed by atoms with Crippen LogP contribution in [-0.4, -0.2) is 31.9 Å². The van der Waals surface area contributed by atoms with Crippen molar-refractivity contribution < 1.29 is 23.9 Å². The van der Waals surface area contributed by atoms with Gasteiger partial charge in [0.15, 0.2) is 0 Å². The molecule has 5 nitrogen and oxygen atoms in total. The number of esters is 2. The van der Waals surface area contributed by atoms with E-state index in [4.69, 9.17) is 9.47 Å². The Hall–Kier alpha value is -2.17. The third kappa shape index (κ3) is 1.87. The second kappa shape index (κ2) is 4.98. The van der Waals surface area contributed by atoms with E-state index in [-0.39, 0.29) is 18.1 Å². The average Bonchev–Trinajstić information content (AvgIpc) is 2.52. The van der Waals surface area contributed by atoms with Gasteiger partial charge in [0.2, 0.25) is 0 Å². The molecule has 0 heterocycles. The van der Waals surface area contributed by atoms with Crippen molar-refractivity contribution in [3.05, 3.63) is 35.4 Å². The summed E-state index contributed by atoms with van der Waals surface area (Å²) in [6.45, 7) is 0. The molecule has 1 fully saturated rings. The Kier molecular flexibility index (Phi) is 3.27. The summed E-state index contributed by atoms with van der Waals surface area (Å²) >= 11 is 0. The zero-order valence-electron chi connectivity index (χ0n) is 11.9. The van der Waals surface area contributed by atoms with Crippen molar-refractivity contribution in [1.29, 1.82) is 0 Å². The molecule has 1 aromatic rings. The molecule has 1 saturated carbocycles. The summed E-state index contributed by atoms with van der Waals surface area (Å²) in [5, 5.41) is 0. The summed E-state index contributed by atoms with van der Waals surface area (Å²) in [5.41, 5.74) is 1.81. The third-order valence-electron chi connectivity index (χ3n) is 4.62. The van der Waals surface area contributed by atoms with Crippen molar-refractivity contribution in [2.75, 3.05) is 14.2 Å². The van der Waals surface area contributed by atoms with Crippen LogP contribution in [-0.2, 0) is 23.9 Å². The highest BCUT2D eigenvalue weighted by molar-refractivity contribution is 5.99. The molecule has 0 unspecified atom stereocenters. The molecule has 2 bridgehead atoms. The Balaban J connectivity index is 2.17. The summed E-state index contributed by atoms with van der Waals surface area (Å²) in [4.78, 5) is 36.7. The maximum atomic E-state index is 12.3. The maximum absolute atomic E-state index is 12.3. The number of carbonyl (C=O) groups excluding carboxylic acids is 3. The van der Waals surface area contributed by atoms with Gasteiger partial charge in [-0.05, 0) is 11.1 Å². The van der Waals surface area contributed by atoms with Crippen LogP contribution in [0.15, 0.2) is 24.3 Å². The lowest BCUT2D eigenvalue weighted by atomic mass is 9.55. The van der Waals surface area contributed by atoms with E-state index >= 15 is 0 Å². The van der Waals surface area contributed by atoms with Crippen molar-refractivity contribution >= 4 is 17.7 Å². The summed E-state index contributed by atoms with van der Waals surface area (Å²) in [7, 11) is 2.57. The average molecular weight is 288 g/mol. The molecular formula is C16H16O5. The predicted octanol–water partition coefficient (Wildman–Crippen LogP) is 1.42. The lowest BCUT2D eigenvalue weighted by molar-refractivity contribution is -0.164. The fourth-order valence-electron chi connectivity index (χ4n) is 3.80. The quantitative estimate of drug-likeness (QED) is 0.770. The van der Waals surface area contributed by atoms with Crippen LogP contribution in [0.3, 0.4) is 0 Å². The lowest BCUT2D eigenvalue weighted by Crippen LogP contribution is -2.50. The number of hydrogen-bond donors (Lipinski definition) is 0. The lowest BCUT2D eigenvalue weighted by Gasteiger charge is -2.45. The zero-order valence-corrected chi connectivity index (χ0v) is 11.9. The summed E-state index contributed by atoms with van der Waals surface area (Å²) in [5.74, 6) is -3.35. The molecule has 4 atom stereocenters. The molecule has 5 heteroatoms. The van der Waals surface area contributed by atoms with Crippen molar-refractivity contribution in [2.24, 2.45) is 11.8 Å². The van der Waals surface area contributed by atoms with Crippen LogP contribution in [0, 0.1) is 11.8 Å². The first-order chi connectivity index (χ1) is 10.1. The van der Waals surface area contributed by atoms with Gasteiger partial charge < -0.3 is 9.47 Å². The van der Waals surface area contributed by atoms with Crippen LogP contribution in [0.1, 0.15) is 29.4 Å². The largest absolute Gasteiger partial charge is 0.469 e. The fraction of sp³-hybridized carbons (Fsp3) is 0.438. The first-order valence-corrected chi connectivity index (χ1v) is 6.87. The first-order valence-electron chi connectivity index (χ1n) is 6.87. The summed E-state index contributed by atoms with van der Waals surface area (Å²) in [6.07, 6.45) is 0.273. The first kappa shape index (κ1) is 13.8. The van der Waals surface area contributed by atoms with Crippen molar-refractivity contribution in [3.63, 3.8) is 0 Å². The van der Waals surface area contributed by atoms with Gasteiger partial charge in [0.05, 0.1) is 32.0 Å². The SMILES string of the molecule is COC(=O)[C@@H]1[C@@H](C(=O)OC)[C@@H]2C(=O)C[C@@H]1c1ccccc12. The zero-order chi connectivity index (χ0) is 15.1. The van der Waals surface area contributed by atoms with Crippen LogP contribution >= 0.6 is 0 Å². The van der Waals surface area contributed by atoms with E-state index in [2.05, 4.69) is 0 Å². The molecule has 110 valence electrons. The second-order valence-corrected chi connectivity index (χ2v) is 5.48. The number of ether oxygens (including phenoxy) is 2. The van der Waals surface area contributed by atoms with Crippen LogP contribution in [0.4, 0.5) is 0 Å². The molecule has 0 amide bonds. The predicted molar refractivity (Wildman–Crippen MR) is 72.6 cm³/mol. The minimum atomic E-state index is -0.788. The number of fused-ring (bicyclic) bond motifs is 2. The van der Waals surface area contributed by atoms with Crippen LogP contribution in [0.5, 0.6) is 0 Å². The van der Waals surface area contributed by atoms with Gasteiger partial charge >= 0.3 is 11.9 Å². The van der Waals surface area contributed by atoms with Gasteiger partial charge in [-0.15, -0.1) is 0 Å². The van der Waals surface area contributed by atoms with Gasteiger partial charge in [0.1, 0.15) is 5.78 Å². The maximum Gasteiger partial charge on any atom is 0.310 e. The number of Topliss-reactive ketones (excluding diaryl/α,β-unsaturated/α-hetero) is 1. The van der Waals surface area contributed by atoms with Crippen LogP contribution in [0.2, 0.25) is 0 Å². The molecular weight excluding hydrogens is 272 g/mol. The minimum absolute atomic E-state index is 0.00532. The van der Waals surface area contributed by atoms with Gasteiger partial charge in [-0.25, -0.2) is 0 Å². The molecule has 3 aliphatic rings. The molecule has 0 radical (unpaired) electrons. The molecule has 0 aliphatic heterocycles. The molecule has 1 aromatic carbocycles. The fourth-order valence-corrected chi connectivity index (χ4v) is 3.80. The monoisotopic (exact) mass is 288 g/mol. The number of ketones is 1. The molecule has 0 saturated heterocycles. The van der Waals surface area contributed by atoms with E-state index in [0.29, 0.717) is 0 Å². The van der Waals surface area contributed by atoms with E-state index in [1.165, 1.54) is 14.2 Å². The standard InChI is InChI=1S/C16H16O5/c1-20-15(18)13-10-7-11(17)12(14(13)16(19)21-2)9-6-4-3-5-8(9)10/h3-6,10,12-14H,7H2,1-2H3/t10-,12+,13+,14+/m1/s1. The Morgan fingerprint density at radius 1 is 1.00 bits per heavy atom. The minimum Gasteiger partial charge on any atom is -0.469 e. The molecule has 0 spiro atoms. The highest BCUT2D eigenvalue weighted by Gasteiger charge is 2.57. The Morgan fingerprint density at radius 2 is 1.57 bits per heavy atom. The highest BCUT2D eigenvalue weighted by Crippen LogP contribution is 2.54. The van der Waals surface area contributed by atoms with Crippen LogP contribution < -0.4 is 0 Å². The number of rotatable bonds is 2. The van der Waals surface area contributed by atoms with Crippen molar-refractivity contribution in [3.8, 4) is 0 Å². The topological polar surface area (TPSA) is 69.7 Å². The number of carbonyl (C=O) groups is 3. The third-order valence-corrected chi connectivity index (χ3v) is 4.62. The normalized spacial score (nSPS) is 29.7. The highest BCUT2D eigenvalue weighted by atomic mass is 16.5. The molecule has 0 aromatic heterocycles. The van der Waals surface area contributed by atoms with Gasteiger partial charge in [0.25, 0.3) is 0 Å². The van der Waals surface area contributed by atoms with Crippen molar-refractivity contribution in [2.45, 2.75) is 18.3 Å². The molecule has 21 heavy (non-hydrogen) atoms. The van der Waals surface area contributed by atoms with E-state index in [1.807, 2.05) is 24.3 Å². The molecule has 0 N–H and O–H groups in total. The number of hydrogen-bond acceptors (Lipinski definition) is 5. The summed E-state index contributed by atoms with van der Waals surface area (Å²) in [6, 6.07) is 7.50. The van der Waals surface area contributed by atoms with E-state index < -0.39 is 29.7 Å². The Bertz CT molecular complexity index is 621.